The van der Waals surface area contributed by atoms with Crippen molar-refractivity contribution < 1.29 is 4.39 Å². The summed E-state index contributed by atoms with van der Waals surface area (Å²) in [6.45, 7) is 2.47. The Balaban J connectivity index is 2.15. The highest BCUT2D eigenvalue weighted by Crippen LogP contribution is 2.26. The quantitative estimate of drug-likeness (QED) is 0.688. The van der Waals surface area contributed by atoms with Crippen LogP contribution in [-0.4, -0.2) is 19.3 Å². The van der Waals surface area contributed by atoms with E-state index in [9.17, 15) is 4.39 Å². The number of nitrogens with one attached hydrogen (secondary N) is 1. The standard InChI is InChI=1S/C10H20FN/c1-9(12-8-7-11)10-5-3-2-4-6-10/h9-10,12H,2-8H2,1H3. The van der Waals surface area contributed by atoms with E-state index in [1.807, 2.05) is 0 Å². The predicted octanol–water partition coefficient (Wildman–Crippen LogP) is 2.51. The maximum Gasteiger partial charge on any atom is 0.102 e. The second-order valence-electron chi connectivity index (χ2n) is 3.83. The molecule has 2 heteroatoms. The van der Waals surface area contributed by atoms with E-state index in [2.05, 4.69) is 12.2 Å². The van der Waals surface area contributed by atoms with Gasteiger partial charge in [0.05, 0.1) is 0 Å². The van der Waals surface area contributed by atoms with Crippen LogP contribution in [0.2, 0.25) is 0 Å². The van der Waals surface area contributed by atoms with Gasteiger partial charge in [0.15, 0.2) is 0 Å². The van der Waals surface area contributed by atoms with E-state index in [-0.39, 0.29) is 6.67 Å². The maximum absolute atomic E-state index is 11.9. The van der Waals surface area contributed by atoms with Crippen molar-refractivity contribution in [2.24, 2.45) is 5.92 Å². The van der Waals surface area contributed by atoms with Gasteiger partial charge in [0.25, 0.3) is 0 Å². The summed E-state index contributed by atoms with van der Waals surface area (Å²) in [6.07, 6.45) is 6.80. The first kappa shape index (κ1) is 9.97. The van der Waals surface area contributed by atoms with Gasteiger partial charge in [-0.05, 0) is 25.7 Å². The van der Waals surface area contributed by atoms with E-state index in [1.54, 1.807) is 0 Å². The number of hydrogen-bond donors (Lipinski definition) is 1. The Kier molecular flexibility index (Phi) is 4.59. The molecule has 72 valence electrons. The molecule has 0 aromatic carbocycles. The number of alkyl halides is 1. The van der Waals surface area contributed by atoms with Crippen molar-refractivity contribution in [1.82, 2.24) is 5.32 Å². The van der Waals surface area contributed by atoms with Gasteiger partial charge in [0, 0.05) is 12.6 Å². The number of hydrogen-bond acceptors (Lipinski definition) is 1. The molecule has 0 aromatic rings. The van der Waals surface area contributed by atoms with E-state index < -0.39 is 0 Å². The van der Waals surface area contributed by atoms with Crippen molar-refractivity contribution >= 4 is 0 Å². The third kappa shape index (κ3) is 3.10. The first-order valence-electron chi connectivity index (χ1n) is 5.14. The zero-order valence-corrected chi connectivity index (χ0v) is 7.98. The lowest BCUT2D eigenvalue weighted by atomic mass is 9.84. The molecule has 1 atom stereocenters. The molecule has 1 rings (SSSR count). The lowest BCUT2D eigenvalue weighted by Crippen LogP contribution is -2.35. The van der Waals surface area contributed by atoms with Crippen LogP contribution in [0.15, 0.2) is 0 Å². The molecule has 0 heterocycles. The Labute approximate surface area is 74.7 Å². The van der Waals surface area contributed by atoms with Crippen LogP contribution in [-0.2, 0) is 0 Å². The summed E-state index contributed by atoms with van der Waals surface area (Å²) < 4.78 is 11.9. The molecule has 1 saturated carbocycles. The van der Waals surface area contributed by atoms with Crippen LogP contribution in [0, 0.1) is 5.92 Å². The van der Waals surface area contributed by atoms with Gasteiger partial charge in [0.1, 0.15) is 6.67 Å². The summed E-state index contributed by atoms with van der Waals surface area (Å²) in [7, 11) is 0. The van der Waals surface area contributed by atoms with Gasteiger partial charge in [-0.25, -0.2) is 4.39 Å². The van der Waals surface area contributed by atoms with Crippen LogP contribution in [0.25, 0.3) is 0 Å². The Morgan fingerprint density at radius 2 is 2.00 bits per heavy atom. The minimum Gasteiger partial charge on any atom is -0.311 e. The third-order valence-corrected chi connectivity index (χ3v) is 2.92. The summed E-state index contributed by atoms with van der Waals surface area (Å²) in [5.41, 5.74) is 0. The summed E-state index contributed by atoms with van der Waals surface area (Å²) >= 11 is 0. The van der Waals surface area contributed by atoms with Gasteiger partial charge < -0.3 is 5.32 Å². The fraction of sp³-hybridized carbons (Fsp3) is 1.00. The van der Waals surface area contributed by atoms with Gasteiger partial charge >= 0.3 is 0 Å². The molecule has 1 nitrogen and oxygen atoms in total. The molecule has 1 unspecified atom stereocenters. The zero-order chi connectivity index (χ0) is 8.81. The van der Waals surface area contributed by atoms with Crippen LogP contribution in [0.3, 0.4) is 0 Å². The lowest BCUT2D eigenvalue weighted by Gasteiger charge is -2.28. The van der Waals surface area contributed by atoms with Crippen molar-refractivity contribution in [2.45, 2.75) is 45.1 Å². The fourth-order valence-corrected chi connectivity index (χ4v) is 2.08. The maximum atomic E-state index is 11.9. The first-order chi connectivity index (χ1) is 5.84. The predicted molar refractivity (Wildman–Crippen MR) is 50.0 cm³/mol. The number of halogens is 1. The first-order valence-corrected chi connectivity index (χ1v) is 5.14. The van der Waals surface area contributed by atoms with Crippen LogP contribution in [0.5, 0.6) is 0 Å². The van der Waals surface area contributed by atoms with E-state index >= 15 is 0 Å². The normalized spacial score (nSPS) is 22.5. The molecular weight excluding hydrogens is 153 g/mol. The molecule has 0 aromatic heterocycles. The SMILES string of the molecule is CC(NCCF)C1CCCCC1. The topological polar surface area (TPSA) is 12.0 Å². The Bertz CT molecular complexity index is 110. The van der Waals surface area contributed by atoms with Crippen molar-refractivity contribution in [1.29, 1.82) is 0 Å². The average Bonchev–Trinajstić information content (AvgIpc) is 2.15. The summed E-state index contributed by atoms with van der Waals surface area (Å²) in [4.78, 5) is 0. The Hall–Kier alpha value is -0.110. The van der Waals surface area contributed by atoms with Gasteiger partial charge in [-0.15, -0.1) is 0 Å². The molecule has 1 fully saturated rings. The number of rotatable bonds is 4. The van der Waals surface area contributed by atoms with E-state index in [1.165, 1.54) is 32.1 Å². The second-order valence-corrected chi connectivity index (χ2v) is 3.83. The minimum absolute atomic E-state index is 0.239. The van der Waals surface area contributed by atoms with Crippen molar-refractivity contribution in [2.75, 3.05) is 13.2 Å². The summed E-state index contributed by atoms with van der Waals surface area (Å²) in [5, 5.41) is 3.23. The fourth-order valence-electron chi connectivity index (χ4n) is 2.08. The monoisotopic (exact) mass is 173 g/mol. The second kappa shape index (κ2) is 5.52. The lowest BCUT2D eigenvalue weighted by molar-refractivity contribution is 0.276. The smallest absolute Gasteiger partial charge is 0.102 e. The Morgan fingerprint density at radius 3 is 2.58 bits per heavy atom. The summed E-state index contributed by atoms with van der Waals surface area (Å²) in [6, 6.07) is 0.515. The van der Waals surface area contributed by atoms with E-state index in [4.69, 9.17) is 0 Å². The van der Waals surface area contributed by atoms with Gasteiger partial charge in [-0.2, -0.15) is 0 Å². The molecule has 1 aliphatic carbocycles. The van der Waals surface area contributed by atoms with Crippen molar-refractivity contribution in [3.05, 3.63) is 0 Å². The van der Waals surface area contributed by atoms with Crippen LogP contribution < -0.4 is 5.32 Å². The molecule has 0 aliphatic heterocycles. The molecule has 0 amide bonds. The van der Waals surface area contributed by atoms with E-state index in [0.29, 0.717) is 12.6 Å². The van der Waals surface area contributed by atoms with Gasteiger partial charge in [-0.3, -0.25) is 0 Å². The molecule has 1 aliphatic rings. The van der Waals surface area contributed by atoms with Crippen molar-refractivity contribution in [3.63, 3.8) is 0 Å². The zero-order valence-electron chi connectivity index (χ0n) is 7.98. The highest BCUT2D eigenvalue weighted by molar-refractivity contribution is 4.75. The molecular formula is C10H20FN. The van der Waals surface area contributed by atoms with Crippen LogP contribution >= 0.6 is 0 Å². The highest BCUT2D eigenvalue weighted by Gasteiger charge is 2.18. The van der Waals surface area contributed by atoms with Crippen molar-refractivity contribution in [3.8, 4) is 0 Å². The summed E-state index contributed by atoms with van der Waals surface area (Å²) in [5.74, 6) is 0.797. The largest absolute Gasteiger partial charge is 0.311 e. The van der Waals surface area contributed by atoms with Gasteiger partial charge in [0.2, 0.25) is 0 Å². The molecule has 0 radical (unpaired) electrons. The molecule has 12 heavy (non-hydrogen) atoms. The Morgan fingerprint density at radius 1 is 1.33 bits per heavy atom. The average molecular weight is 173 g/mol. The van der Waals surface area contributed by atoms with Crippen LogP contribution in [0.4, 0.5) is 4.39 Å². The minimum atomic E-state index is -0.239. The van der Waals surface area contributed by atoms with Gasteiger partial charge in [-0.1, -0.05) is 19.3 Å². The molecule has 0 spiro atoms. The molecule has 1 N–H and O–H groups in total. The molecule has 0 bridgehead atoms. The van der Waals surface area contributed by atoms with Crippen LogP contribution in [0.1, 0.15) is 39.0 Å². The highest BCUT2D eigenvalue weighted by atomic mass is 19.1. The third-order valence-electron chi connectivity index (χ3n) is 2.92. The van der Waals surface area contributed by atoms with E-state index in [0.717, 1.165) is 5.92 Å². The molecule has 0 saturated heterocycles.